The highest BCUT2D eigenvalue weighted by Gasteiger charge is 2.48. The number of aliphatic hydroxyl groups is 1. The zero-order chi connectivity index (χ0) is 26.9. The number of halogens is 4. The molecule has 192 valence electrons. The Morgan fingerprint density at radius 1 is 0.973 bits per heavy atom. The van der Waals surface area contributed by atoms with Gasteiger partial charge in [-0.25, -0.2) is 4.39 Å². The lowest BCUT2D eigenvalue weighted by molar-refractivity contribution is -0.137. The quantitative estimate of drug-likeness (QED) is 0.177. The van der Waals surface area contributed by atoms with Gasteiger partial charge in [-0.2, -0.15) is 13.2 Å². The van der Waals surface area contributed by atoms with E-state index in [1.807, 2.05) is 13.8 Å². The van der Waals surface area contributed by atoms with Crippen molar-refractivity contribution < 1.29 is 37.0 Å². The van der Waals surface area contributed by atoms with E-state index in [-0.39, 0.29) is 28.3 Å². The van der Waals surface area contributed by atoms with Crippen molar-refractivity contribution in [3.63, 3.8) is 0 Å². The van der Waals surface area contributed by atoms with Gasteiger partial charge in [-0.05, 0) is 60.5 Å². The van der Waals surface area contributed by atoms with Crippen molar-refractivity contribution in [2.24, 2.45) is 5.92 Å². The van der Waals surface area contributed by atoms with Gasteiger partial charge in [-0.15, -0.1) is 0 Å². The molecule has 0 bridgehead atoms. The van der Waals surface area contributed by atoms with Crippen LogP contribution >= 0.6 is 0 Å². The predicted molar refractivity (Wildman–Crippen MR) is 129 cm³/mol. The SMILES string of the molecule is CC(C)COc1ccc(/C(O)=C2\C(=O)C(=O)N(c3ccc(C(F)(F)F)cc3)C2c2ccccc2F)cc1. The second-order valence-electron chi connectivity index (χ2n) is 8.96. The van der Waals surface area contributed by atoms with Crippen LogP contribution in [0.2, 0.25) is 0 Å². The molecule has 1 unspecified atom stereocenters. The Labute approximate surface area is 210 Å². The van der Waals surface area contributed by atoms with Crippen LogP contribution in [0, 0.1) is 11.7 Å². The summed E-state index contributed by atoms with van der Waals surface area (Å²) in [5.41, 5.74) is -1.30. The first-order chi connectivity index (χ1) is 17.5. The summed E-state index contributed by atoms with van der Waals surface area (Å²) in [6.07, 6.45) is -4.61. The Morgan fingerprint density at radius 3 is 2.16 bits per heavy atom. The molecule has 1 aliphatic heterocycles. The van der Waals surface area contributed by atoms with E-state index in [0.29, 0.717) is 12.4 Å². The Balaban J connectivity index is 1.82. The Kier molecular flexibility index (Phi) is 7.07. The van der Waals surface area contributed by atoms with Crippen molar-refractivity contribution in [1.82, 2.24) is 0 Å². The number of hydrogen-bond acceptors (Lipinski definition) is 4. The molecule has 0 saturated carbocycles. The topological polar surface area (TPSA) is 66.8 Å². The number of carbonyl (C=O) groups is 2. The van der Waals surface area contributed by atoms with Gasteiger partial charge in [0.05, 0.1) is 23.8 Å². The summed E-state index contributed by atoms with van der Waals surface area (Å²) >= 11 is 0. The van der Waals surface area contributed by atoms with Gasteiger partial charge in [0, 0.05) is 16.8 Å². The molecule has 1 saturated heterocycles. The summed E-state index contributed by atoms with van der Waals surface area (Å²) in [4.78, 5) is 27.1. The molecule has 1 atom stereocenters. The molecule has 3 aromatic carbocycles. The van der Waals surface area contributed by atoms with E-state index in [4.69, 9.17) is 4.74 Å². The Hall–Kier alpha value is -4.14. The van der Waals surface area contributed by atoms with Gasteiger partial charge in [0.25, 0.3) is 11.7 Å². The van der Waals surface area contributed by atoms with Gasteiger partial charge in [0.2, 0.25) is 0 Å². The lowest BCUT2D eigenvalue weighted by atomic mass is 9.94. The van der Waals surface area contributed by atoms with Crippen LogP contribution in [-0.4, -0.2) is 23.4 Å². The lowest BCUT2D eigenvalue weighted by Gasteiger charge is -2.26. The monoisotopic (exact) mass is 513 g/mol. The maximum absolute atomic E-state index is 14.9. The number of ether oxygens (including phenoxy) is 1. The van der Waals surface area contributed by atoms with Crippen molar-refractivity contribution in [3.05, 3.63) is 101 Å². The second kappa shape index (κ2) is 10.1. The summed E-state index contributed by atoms with van der Waals surface area (Å²) < 4.78 is 59.8. The number of anilines is 1. The second-order valence-corrected chi connectivity index (χ2v) is 8.96. The van der Waals surface area contributed by atoms with Crippen LogP contribution in [0.3, 0.4) is 0 Å². The third-order valence-corrected chi connectivity index (χ3v) is 5.83. The number of alkyl halides is 3. The van der Waals surface area contributed by atoms with Gasteiger partial charge in [0.1, 0.15) is 17.3 Å². The van der Waals surface area contributed by atoms with Crippen LogP contribution < -0.4 is 9.64 Å². The summed E-state index contributed by atoms with van der Waals surface area (Å²) in [7, 11) is 0. The first kappa shape index (κ1) is 25.9. The number of Topliss-reactive ketones (excluding diaryl/α,β-unsaturated/α-hetero) is 1. The number of rotatable bonds is 6. The predicted octanol–water partition coefficient (Wildman–Crippen LogP) is 6.51. The first-order valence-electron chi connectivity index (χ1n) is 11.4. The van der Waals surface area contributed by atoms with Crippen LogP contribution in [0.25, 0.3) is 5.76 Å². The third-order valence-electron chi connectivity index (χ3n) is 5.83. The Bertz CT molecular complexity index is 1350. The van der Waals surface area contributed by atoms with Gasteiger partial charge in [-0.3, -0.25) is 14.5 Å². The minimum absolute atomic E-state index is 0.0557. The van der Waals surface area contributed by atoms with Gasteiger partial charge >= 0.3 is 6.18 Å². The molecule has 1 fully saturated rings. The number of hydrogen-bond donors (Lipinski definition) is 1. The number of carbonyl (C=O) groups excluding carboxylic acids is 2. The van der Waals surface area contributed by atoms with Crippen molar-refractivity contribution in [1.29, 1.82) is 0 Å². The van der Waals surface area contributed by atoms with E-state index in [1.165, 1.54) is 30.3 Å². The highest BCUT2D eigenvalue weighted by molar-refractivity contribution is 6.51. The fourth-order valence-corrected chi connectivity index (χ4v) is 4.03. The molecule has 1 aliphatic rings. The molecular weight excluding hydrogens is 490 g/mol. The average molecular weight is 513 g/mol. The molecule has 5 nitrogen and oxygen atoms in total. The molecule has 1 amide bonds. The molecule has 0 radical (unpaired) electrons. The smallest absolute Gasteiger partial charge is 0.416 e. The largest absolute Gasteiger partial charge is 0.507 e. The van der Waals surface area contributed by atoms with Crippen LogP contribution in [0.4, 0.5) is 23.2 Å². The van der Waals surface area contributed by atoms with Crippen molar-refractivity contribution >= 4 is 23.1 Å². The number of benzene rings is 3. The average Bonchev–Trinajstić information content (AvgIpc) is 3.12. The summed E-state index contributed by atoms with van der Waals surface area (Å²) in [5.74, 6) is -2.68. The van der Waals surface area contributed by atoms with E-state index >= 15 is 0 Å². The number of aliphatic hydroxyl groups excluding tert-OH is 1. The van der Waals surface area contributed by atoms with Gasteiger partial charge in [0.15, 0.2) is 0 Å². The lowest BCUT2D eigenvalue weighted by Crippen LogP contribution is -2.30. The van der Waals surface area contributed by atoms with E-state index in [0.717, 1.165) is 35.2 Å². The molecular formula is C28H23F4NO4. The fraction of sp³-hybridized carbons (Fsp3) is 0.214. The van der Waals surface area contributed by atoms with Crippen molar-refractivity contribution in [2.75, 3.05) is 11.5 Å². The van der Waals surface area contributed by atoms with E-state index in [2.05, 4.69) is 0 Å². The summed E-state index contributed by atoms with van der Waals surface area (Å²) in [6.45, 7) is 4.44. The number of amides is 1. The van der Waals surface area contributed by atoms with Crippen LogP contribution in [0.15, 0.2) is 78.4 Å². The molecule has 1 heterocycles. The highest BCUT2D eigenvalue weighted by atomic mass is 19.4. The third kappa shape index (κ3) is 5.21. The zero-order valence-electron chi connectivity index (χ0n) is 19.9. The molecule has 4 rings (SSSR count). The number of nitrogens with zero attached hydrogens (tertiary/aromatic N) is 1. The van der Waals surface area contributed by atoms with Crippen molar-refractivity contribution in [2.45, 2.75) is 26.1 Å². The van der Waals surface area contributed by atoms with Gasteiger partial charge < -0.3 is 9.84 Å². The molecule has 0 aromatic heterocycles. The normalized spacial score (nSPS) is 17.5. The minimum Gasteiger partial charge on any atom is -0.507 e. The molecule has 37 heavy (non-hydrogen) atoms. The molecule has 9 heteroatoms. The summed E-state index contributed by atoms with van der Waals surface area (Å²) in [6, 6.07) is 13.7. The zero-order valence-corrected chi connectivity index (χ0v) is 19.9. The van der Waals surface area contributed by atoms with Crippen LogP contribution in [0.1, 0.15) is 36.6 Å². The molecule has 1 N–H and O–H groups in total. The highest BCUT2D eigenvalue weighted by Crippen LogP contribution is 2.43. The standard InChI is InChI=1S/C28H23F4NO4/c1-16(2)15-37-20-13-7-17(8-14-20)25(34)23-24(21-5-3-4-6-22(21)29)33(27(36)26(23)35)19-11-9-18(10-12-19)28(30,31)32/h3-14,16,24,34H,15H2,1-2H3/b25-23+. The molecule has 3 aromatic rings. The molecule has 0 spiro atoms. The summed E-state index contributed by atoms with van der Waals surface area (Å²) in [5, 5.41) is 11.1. The number of ketones is 1. The van der Waals surface area contributed by atoms with Crippen molar-refractivity contribution in [3.8, 4) is 5.75 Å². The molecule has 0 aliphatic carbocycles. The Morgan fingerprint density at radius 2 is 1.59 bits per heavy atom. The minimum atomic E-state index is -4.61. The maximum Gasteiger partial charge on any atom is 0.416 e. The van der Waals surface area contributed by atoms with Gasteiger partial charge in [-0.1, -0.05) is 32.0 Å². The van der Waals surface area contributed by atoms with Crippen LogP contribution in [-0.2, 0) is 15.8 Å². The van der Waals surface area contributed by atoms with E-state index in [9.17, 15) is 32.3 Å². The van der Waals surface area contributed by atoms with E-state index in [1.54, 1.807) is 12.1 Å². The maximum atomic E-state index is 14.9. The fourth-order valence-electron chi connectivity index (χ4n) is 4.03. The van der Waals surface area contributed by atoms with E-state index < -0.39 is 41.0 Å². The van der Waals surface area contributed by atoms with Crippen LogP contribution in [0.5, 0.6) is 5.75 Å². The first-order valence-corrected chi connectivity index (χ1v) is 11.4.